The van der Waals surface area contributed by atoms with Gasteiger partial charge in [0.15, 0.2) is 5.84 Å². The molecule has 4 N–H and O–H groups in total. The highest BCUT2D eigenvalue weighted by atomic mass is 35.5. The van der Waals surface area contributed by atoms with Crippen molar-refractivity contribution < 1.29 is 28.5 Å². The van der Waals surface area contributed by atoms with Crippen LogP contribution >= 0.6 is 11.6 Å². The van der Waals surface area contributed by atoms with E-state index in [4.69, 9.17) is 26.9 Å². The average Bonchev–Trinajstić information content (AvgIpc) is 3.22. The number of anilines is 1. The number of nitrogens with one attached hydrogen (secondary N) is 3. The van der Waals surface area contributed by atoms with E-state index in [2.05, 4.69) is 25.6 Å². The molecule has 0 aliphatic heterocycles. The van der Waals surface area contributed by atoms with Gasteiger partial charge in [-0.05, 0) is 46.7 Å². The fraction of sp³-hybridized carbons (Fsp3) is 0.105. The number of hydrogen-bond acceptors (Lipinski definition) is 7. The highest BCUT2D eigenvalue weighted by Gasteiger charge is 2.17. The minimum absolute atomic E-state index is 0.00401. The Kier molecular flexibility index (Phi) is 6.78. The Labute approximate surface area is 179 Å². The molecule has 0 aliphatic rings. The van der Waals surface area contributed by atoms with E-state index in [0.717, 1.165) is 6.07 Å². The van der Waals surface area contributed by atoms with Crippen molar-refractivity contribution in [2.75, 3.05) is 18.5 Å². The molecule has 3 rings (SSSR count). The maximum absolute atomic E-state index is 13.2. The lowest BCUT2D eigenvalue weighted by Crippen LogP contribution is -2.28. The van der Waals surface area contributed by atoms with Gasteiger partial charge >= 0.3 is 5.97 Å². The predicted molar refractivity (Wildman–Crippen MR) is 107 cm³/mol. The zero-order valence-electron chi connectivity index (χ0n) is 15.7. The van der Waals surface area contributed by atoms with E-state index < -0.39 is 17.7 Å². The van der Waals surface area contributed by atoms with Crippen LogP contribution in [0.1, 0.15) is 26.4 Å². The molecule has 0 atom stereocenters. The van der Waals surface area contributed by atoms with Gasteiger partial charge in [0.1, 0.15) is 12.4 Å². The molecule has 160 valence electrons. The minimum Gasteiger partial charge on any atom is -0.478 e. The molecule has 0 radical (unpaired) electrons. The van der Waals surface area contributed by atoms with E-state index in [9.17, 15) is 14.0 Å². The van der Waals surface area contributed by atoms with Crippen molar-refractivity contribution in [3.8, 4) is 5.88 Å². The Morgan fingerprint density at radius 2 is 1.97 bits per heavy atom. The number of halogens is 2. The molecule has 12 heteroatoms. The second-order valence-electron chi connectivity index (χ2n) is 6.04. The fourth-order valence-electron chi connectivity index (χ4n) is 2.41. The number of hydrogen-bond donors (Lipinski definition) is 4. The Morgan fingerprint density at radius 3 is 2.71 bits per heavy atom. The largest absolute Gasteiger partial charge is 0.478 e. The van der Waals surface area contributed by atoms with Crippen molar-refractivity contribution in [2.24, 2.45) is 0 Å². The topological polar surface area (TPSA) is 150 Å². The second kappa shape index (κ2) is 9.67. The lowest BCUT2D eigenvalue weighted by molar-refractivity contribution is 0.0697. The number of nitrogens with zero attached hydrogens (tertiary/aromatic N) is 2. The van der Waals surface area contributed by atoms with Gasteiger partial charge in [-0.25, -0.2) is 13.8 Å². The van der Waals surface area contributed by atoms with Gasteiger partial charge < -0.3 is 20.5 Å². The summed E-state index contributed by atoms with van der Waals surface area (Å²) in [7, 11) is 0. The van der Waals surface area contributed by atoms with Gasteiger partial charge in [-0.1, -0.05) is 17.7 Å². The first-order valence-electron chi connectivity index (χ1n) is 8.73. The zero-order chi connectivity index (χ0) is 22.4. The van der Waals surface area contributed by atoms with Crippen molar-refractivity contribution in [1.82, 2.24) is 15.6 Å². The third-order valence-electron chi connectivity index (χ3n) is 3.88. The summed E-state index contributed by atoms with van der Waals surface area (Å²) in [5, 5.41) is 29.3. The van der Waals surface area contributed by atoms with E-state index in [1.54, 1.807) is 0 Å². The molecule has 1 amide bonds. The van der Waals surface area contributed by atoms with Crippen LogP contribution in [0.2, 0.25) is 5.02 Å². The Hall–Kier alpha value is -3.99. The SMILES string of the molecule is N=C(Nc1ccc(F)c(Cl)c1)c1nonc1OCCNC(=O)c1cccc(C(=O)O)c1. The molecule has 0 unspecified atom stereocenters. The maximum Gasteiger partial charge on any atom is 0.335 e. The van der Waals surface area contributed by atoms with Gasteiger partial charge in [-0.2, -0.15) is 0 Å². The first kappa shape index (κ1) is 21.7. The second-order valence-corrected chi connectivity index (χ2v) is 6.44. The molecule has 1 aromatic heterocycles. The fourth-order valence-corrected chi connectivity index (χ4v) is 2.59. The summed E-state index contributed by atoms with van der Waals surface area (Å²) in [5.41, 5.74) is 0.491. The van der Waals surface area contributed by atoms with Crippen molar-refractivity contribution in [2.45, 2.75) is 0 Å². The molecule has 10 nitrogen and oxygen atoms in total. The number of rotatable bonds is 8. The summed E-state index contributed by atoms with van der Waals surface area (Å²) in [6, 6.07) is 9.42. The number of benzene rings is 2. The number of carboxylic acids is 1. The molecule has 31 heavy (non-hydrogen) atoms. The van der Waals surface area contributed by atoms with Gasteiger partial charge in [0, 0.05) is 11.3 Å². The lowest BCUT2D eigenvalue weighted by atomic mass is 10.1. The highest BCUT2D eigenvalue weighted by Crippen LogP contribution is 2.21. The summed E-state index contributed by atoms with van der Waals surface area (Å²) in [4.78, 5) is 23.1. The summed E-state index contributed by atoms with van der Waals surface area (Å²) in [6.45, 7) is 0.0397. The highest BCUT2D eigenvalue weighted by molar-refractivity contribution is 6.31. The lowest BCUT2D eigenvalue weighted by Gasteiger charge is -2.09. The summed E-state index contributed by atoms with van der Waals surface area (Å²) >= 11 is 5.71. The van der Waals surface area contributed by atoms with E-state index >= 15 is 0 Å². The molecule has 0 bridgehead atoms. The number of carbonyl (C=O) groups is 2. The Morgan fingerprint density at radius 1 is 1.19 bits per heavy atom. The van der Waals surface area contributed by atoms with Gasteiger partial charge in [0.25, 0.3) is 11.8 Å². The van der Waals surface area contributed by atoms with Crippen LogP contribution in [0, 0.1) is 11.2 Å². The molecule has 0 spiro atoms. The molecule has 2 aromatic carbocycles. The first-order valence-corrected chi connectivity index (χ1v) is 9.11. The molecule has 1 heterocycles. The van der Waals surface area contributed by atoms with Crippen molar-refractivity contribution >= 4 is 35.0 Å². The molecule has 3 aromatic rings. The normalized spacial score (nSPS) is 10.4. The van der Waals surface area contributed by atoms with Gasteiger partial charge in [0.2, 0.25) is 5.69 Å². The summed E-state index contributed by atoms with van der Waals surface area (Å²) < 4.78 is 23.2. The van der Waals surface area contributed by atoms with Crippen LogP contribution in [0.25, 0.3) is 0 Å². The molecular formula is C19H15ClFN5O5. The van der Waals surface area contributed by atoms with E-state index in [-0.39, 0.29) is 46.7 Å². The standard InChI is InChI=1S/C19H15ClFN5O5/c20-13-9-12(4-5-14(13)21)24-16(22)15-18(26-31-25-15)30-7-6-23-17(27)10-2-1-3-11(8-10)19(28)29/h1-5,8-9H,6-7H2,(H2,22,24)(H,23,27)(H,28,29). The number of carboxylic acid groups (broad SMARTS) is 1. The summed E-state index contributed by atoms with van der Waals surface area (Å²) in [5.74, 6) is -2.53. The van der Waals surface area contributed by atoms with Crippen LogP contribution in [-0.2, 0) is 0 Å². The number of amidine groups is 1. The molecule has 0 saturated heterocycles. The van der Waals surface area contributed by atoms with Crippen LogP contribution in [0.5, 0.6) is 5.88 Å². The maximum atomic E-state index is 13.2. The Bertz CT molecular complexity index is 1140. The van der Waals surface area contributed by atoms with E-state index in [1.165, 1.54) is 36.4 Å². The first-order chi connectivity index (χ1) is 14.8. The molecule has 0 saturated carbocycles. The quantitative estimate of drug-likeness (QED) is 0.234. The average molecular weight is 448 g/mol. The minimum atomic E-state index is -1.14. The number of ether oxygens (including phenoxy) is 1. The van der Waals surface area contributed by atoms with E-state index in [1.807, 2.05) is 0 Å². The van der Waals surface area contributed by atoms with Crippen molar-refractivity contribution in [3.63, 3.8) is 0 Å². The van der Waals surface area contributed by atoms with Gasteiger partial charge in [-0.3, -0.25) is 10.2 Å². The van der Waals surface area contributed by atoms with Crippen LogP contribution in [-0.4, -0.2) is 46.3 Å². The monoisotopic (exact) mass is 447 g/mol. The predicted octanol–water partition coefficient (Wildman–Crippen LogP) is 2.81. The van der Waals surface area contributed by atoms with Crippen LogP contribution in [0.4, 0.5) is 10.1 Å². The third-order valence-corrected chi connectivity index (χ3v) is 4.17. The van der Waals surface area contributed by atoms with Crippen LogP contribution < -0.4 is 15.4 Å². The molecule has 0 aliphatic carbocycles. The van der Waals surface area contributed by atoms with Crippen LogP contribution in [0.15, 0.2) is 47.1 Å². The van der Waals surface area contributed by atoms with Crippen molar-refractivity contribution in [3.05, 3.63) is 70.1 Å². The number of aromatic carboxylic acids is 1. The third kappa shape index (κ3) is 5.54. The number of carbonyl (C=O) groups excluding carboxylic acids is 1. The number of amides is 1. The van der Waals surface area contributed by atoms with Crippen molar-refractivity contribution in [1.29, 1.82) is 5.41 Å². The number of aromatic nitrogens is 2. The summed E-state index contributed by atoms with van der Waals surface area (Å²) in [6.07, 6.45) is 0. The Balaban J connectivity index is 1.53. The zero-order valence-corrected chi connectivity index (χ0v) is 16.4. The molecular weight excluding hydrogens is 433 g/mol. The van der Waals surface area contributed by atoms with E-state index in [0.29, 0.717) is 5.69 Å². The van der Waals surface area contributed by atoms with Crippen LogP contribution in [0.3, 0.4) is 0 Å². The van der Waals surface area contributed by atoms with Gasteiger partial charge in [0.05, 0.1) is 17.1 Å². The smallest absolute Gasteiger partial charge is 0.335 e. The molecule has 0 fully saturated rings. The van der Waals surface area contributed by atoms with Gasteiger partial charge in [-0.15, -0.1) is 0 Å².